The molecule has 1 aliphatic rings. The summed E-state index contributed by atoms with van der Waals surface area (Å²) in [5.74, 6) is -0.106. The number of carbonyl (C=O) groups is 1. The molecular weight excluding hydrogens is 270 g/mol. The normalized spacial score (nSPS) is 18.8. The van der Waals surface area contributed by atoms with Gasteiger partial charge in [-0.1, -0.05) is 18.2 Å². The fourth-order valence-corrected chi connectivity index (χ4v) is 2.69. The summed E-state index contributed by atoms with van der Waals surface area (Å²) < 4.78 is 1.97. The van der Waals surface area contributed by atoms with Crippen molar-refractivity contribution in [2.75, 3.05) is 0 Å². The van der Waals surface area contributed by atoms with Gasteiger partial charge in [0.1, 0.15) is 0 Å². The van der Waals surface area contributed by atoms with Crippen molar-refractivity contribution in [1.29, 1.82) is 0 Å². The Morgan fingerprint density at radius 1 is 1.20 bits per heavy atom. The molecule has 0 unspecified atom stereocenters. The van der Waals surface area contributed by atoms with Crippen molar-refractivity contribution in [3.63, 3.8) is 0 Å². The summed E-state index contributed by atoms with van der Waals surface area (Å²) in [5, 5.41) is 3.39. The van der Waals surface area contributed by atoms with Gasteiger partial charge in [0.05, 0.1) is 10.6 Å². The number of hydrogen-bond acceptors (Lipinski definition) is 3. The third kappa shape index (κ3) is 2.67. The molecule has 100 valence electrons. The van der Waals surface area contributed by atoms with Crippen LogP contribution in [0.3, 0.4) is 0 Å². The van der Waals surface area contributed by atoms with Gasteiger partial charge in [-0.2, -0.15) is 0 Å². The van der Waals surface area contributed by atoms with Crippen LogP contribution in [0.15, 0.2) is 58.6 Å². The molecule has 0 atom stereocenters. The van der Waals surface area contributed by atoms with Crippen molar-refractivity contribution in [2.45, 2.75) is 0 Å². The lowest BCUT2D eigenvalue weighted by molar-refractivity contribution is -0.115. The number of carbonyl (C=O) groups excluding carboxylic acids is 1. The van der Waals surface area contributed by atoms with Crippen molar-refractivity contribution in [3.05, 3.63) is 59.3 Å². The first-order valence-electron chi connectivity index (χ1n) is 6.18. The van der Waals surface area contributed by atoms with E-state index < -0.39 is 0 Å². The molecule has 0 spiro atoms. The molecule has 1 amide bonds. The molecule has 20 heavy (non-hydrogen) atoms. The van der Waals surface area contributed by atoms with E-state index in [2.05, 4.69) is 10.3 Å². The number of benzene rings is 1. The predicted molar refractivity (Wildman–Crippen MR) is 82.7 cm³/mol. The molecule has 0 radical (unpaired) electrons. The smallest absolute Gasteiger partial charge is 0.264 e. The van der Waals surface area contributed by atoms with Gasteiger partial charge in [0, 0.05) is 18.9 Å². The van der Waals surface area contributed by atoms with Crippen LogP contribution >= 0.6 is 11.8 Å². The van der Waals surface area contributed by atoms with Crippen LogP contribution in [0.4, 0.5) is 5.69 Å². The molecule has 1 N–H and O–H groups in total. The van der Waals surface area contributed by atoms with E-state index in [1.807, 2.05) is 66.4 Å². The number of aliphatic imine (C=N–C) groups is 1. The zero-order valence-corrected chi connectivity index (χ0v) is 11.7. The highest BCUT2D eigenvalue weighted by Gasteiger charge is 2.23. The maximum atomic E-state index is 11.9. The third-order valence-corrected chi connectivity index (χ3v) is 3.81. The van der Waals surface area contributed by atoms with Crippen LogP contribution in [-0.2, 0) is 11.8 Å². The van der Waals surface area contributed by atoms with Crippen molar-refractivity contribution >= 4 is 34.6 Å². The van der Waals surface area contributed by atoms with E-state index in [1.165, 1.54) is 11.8 Å². The summed E-state index contributed by atoms with van der Waals surface area (Å²) in [4.78, 5) is 17.0. The predicted octanol–water partition coefficient (Wildman–Crippen LogP) is 2.92. The highest BCUT2D eigenvalue weighted by atomic mass is 32.2. The van der Waals surface area contributed by atoms with Crippen LogP contribution in [0.1, 0.15) is 5.69 Å². The molecule has 1 aromatic heterocycles. The average molecular weight is 283 g/mol. The molecule has 2 aromatic rings. The monoisotopic (exact) mass is 283 g/mol. The highest BCUT2D eigenvalue weighted by Crippen LogP contribution is 2.27. The molecule has 1 aliphatic heterocycles. The number of hydrogen-bond donors (Lipinski definition) is 1. The minimum absolute atomic E-state index is 0.106. The number of amides is 1. The SMILES string of the molecule is Cn1cccc1/C=C1/SC(=Nc2ccccc2)NC1=O. The first-order valence-corrected chi connectivity index (χ1v) is 7.00. The summed E-state index contributed by atoms with van der Waals surface area (Å²) in [7, 11) is 1.95. The van der Waals surface area contributed by atoms with E-state index in [0.717, 1.165) is 11.4 Å². The first-order chi connectivity index (χ1) is 9.72. The molecule has 0 aliphatic carbocycles. The molecule has 1 saturated heterocycles. The number of aromatic nitrogens is 1. The quantitative estimate of drug-likeness (QED) is 0.861. The molecule has 0 bridgehead atoms. The second kappa shape index (κ2) is 5.38. The summed E-state index contributed by atoms with van der Waals surface area (Å²) in [6, 6.07) is 13.5. The van der Waals surface area contributed by atoms with E-state index in [1.54, 1.807) is 0 Å². The van der Waals surface area contributed by atoms with Crippen LogP contribution in [0.2, 0.25) is 0 Å². The standard InChI is InChI=1S/C15H13N3OS/c1-18-9-5-8-12(18)10-13-14(19)17-15(20-13)16-11-6-3-2-4-7-11/h2-10H,1H3,(H,16,17,19)/b13-10+. The highest BCUT2D eigenvalue weighted by molar-refractivity contribution is 8.18. The van der Waals surface area contributed by atoms with Crippen LogP contribution in [0.5, 0.6) is 0 Å². The van der Waals surface area contributed by atoms with Gasteiger partial charge in [0.25, 0.3) is 5.91 Å². The van der Waals surface area contributed by atoms with Gasteiger partial charge in [-0.3, -0.25) is 4.79 Å². The van der Waals surface area contributed by atoms with Gasteiger partial charge in [0.15, 0.2) is 5.17 Å². The Morgan fingerprint density at radius 3 is 2.70 bits per heavy atom. The minimum Gasteiger partial charge on any atom is -0.351 e. The van der Waals surface area contributed by atoms with E-state index in [0.29, 0.717) is 10.1 Å². The van der Waals surface area contributed by atoms with Crippen molar-refractivity contribution < 1.29 is 4.79 Å². The fraction of sp³-hybridized carbons (Fsp3) is 0.0667. The van der Waals surface area contributed by atoms with Gasteiger partial charge < -0.3 is 9.88 Å². The average Bonchev–Trinajstić information content (AvgIpc) is 2.99. The van der Waals surface area contributed by atoms with Gasteiger partial charge >= 0.3 is 0 Å². The second-order valence-corrected chi connectivity index (χ2v) is 5.39. The molecule has 1 fully saturated rings. The summed E-state index contributed by atoms with van der Waals surface area (Å²) in [5.41, 5.74) is 1.82. The zero-order chi connectivity index (χ0) is 13.9. The van der Waals surface area contributed by atoms with E-state index in [9.17, 15) is 4.79 Å². The number of nitrogens with one attached hydrogen (secondary N) is 1. The molecule has 0 saturated carbocycles. The maximum Gasteiger partial charge on any atom is 0.264 e. The van der Waals surface area contributed by atoms with Crippen molar-refractivity contribution in [2.24, 2.45) is 12.0 Å². The Hall–Kier alpha value is -2.27. The lowest BCUT2D eigenvalue weighted by atomic mass is 10.3. The van der Waals surface area contributed by atoms with Crippen LogP contribution < -0.4 is 5.32 Å². The Bertz CT molecular complexity index is 701. The van der Waals surface area contributed by atoms with Crippen molar-refractivity contribution in [1.82, 2.24) is 9.88 Å². The number of rotatable bonds is 2. The second-order valence-electron chi connectivity index (χ2n) is 4.36. The fourth-order valence-electron chi connectivity index (χ4n) is 1.86. The molecular formula is C15H13N3OS. The van der Waals surface area contributed by atoms with Gasteiger partial charge in [-0.15, -0.1) is 0 Å². The zero-order valence-electron chi connectivity index (χ0n) is 10.9. The number of thioether (sulfide) groups is 1. The Balaban J connectivity index is 1.84. The van der Waals surface area contributed by atoms with Crippen LogP contribution in [0, 0.1) is 0 Å². The molecule has 5 heteroatoms. The maximum absolute atomic E-state index is 11.9. The summed E-state index contributed by atoms with van der Waals surface area (Å²) >= 11 is 1.36. The van der Waals surface area contributed by atoms with E-state index in [-0.39, 0.29) is 5.91 Å². The molecule has 2 heterocycles. The minimum atomic E-state index is -0.106. The number of aryl methyl sites for hydroxylation is 1. The van der Waals surface area contributed by atoms with Gasteiger partial charge in [-0.25, -0.2) is 4.99 Å². The Morgan fingerprint density at radius 2 is 2.00 bits per heavy atom. The third-order valence-electron chi connectivity index (χ3n) is 2.90. The van der Waals surface area contributed by atoms with Crippen LogP contribution in [0.25, 0.3) is 6.08 Å². The van der Waals surface area contributed by atoms with Crippen LogP contribution in [-0.4, -0.2) is 15.6 Å². The molecule has 3 rings (SSSR count). The van der Waals surface area contributed by atoms with E-state index >= 15 is 0 Å². The lowest BCUT2D eigenvalue weighted by Crippen LogP contribution is -2.19. The van der Waals surface area contributed by atoms with Gasteiger partial charge in [-0.05, 0) is 42.1 Å². The Kier molecular flexibility index (Phi) is 3.43. The Labute approximate surface area is 121 Å². The number of para-hydroxylation sites is 1. The lowest BCUT2D eigenvalue weighted by Gasteiger charge is -1.96. The van der Waals surface area contributed by atoms with Gasteiger partial charge in [0.2, 0.25) is 0 Å². The largest absolute Gasteiger partial charge is 0.351 e. The summed E-state index contributed by atoms with van der Waals surface area (Å²) in [6.45, 7) is 0. The first kappa shape index (κ1) is 12.7. The van der Waals surface area contributed by atoms with E-state index in [4.69, 9.17) is 0 Å². The van der Waals surface area contributed by atoms with Crippen molar-refractivity contribution in [3.8, 4) is 0 Å². The topological polar surface area (TPSA) is 46.4 Å². The number of nitrogens with zero attached hydrogens (tertiary/aromatic N) is 2. The summed E-state index contributed by atoms with van der Waals surface area (Å²) in [6.07, 6.45) is 3.82. The number of amidine groups is 1. The molecule has 1 aromatic carbocycles. The molecule has 4 nitrogen and oxygen atoms in total.